The maximum Gasteiger partial charge on any atom is 0.187 e. The molecule has 81 heavy (non-hydrogen) atoms. The molecule has 14 bridgehead atoms. The summed E-state index contributed by atoms with van der Waals surface area (Å²) in [7, 11) is 0. The van der Waals surface area contributed by atoms with Gasteiger partial charge in [0, 0.05) is 0 Å². The zero-order chi connectivity index (χ0) is 59.0. The summed E-state index contributed by atoms with van der Waals surface area (Å²) in [6.45, 7) is -5.92. The lowest BCUT2D eigenvalue weighted by Gasteiger charge is -2.50. The molecule has 21 rings (SSSR count). The number of hydrogen-bond acceptors (Lipinski definition) is 36. The molecule has 0 unspecified atom stereocenters. The molecule has 0 aromatic carbocycles. The minimum atomic E-state index is -2.22. The summed E-state index contributed by atoms with van der Waals surface area (Å²) in [5, 5.41) is 232. The van der Waals surface area contributed by atoms with Crippen molar-refractivity contribution in [3.05, 3.63) is 0 Å². The van der Waals surface area contributed by atoms with Crippen LogP contribution in [0.3, 0.4) is 0 Å². The number of ether oxygens (including phenoxy) is 15. The molecule has 36 heteroatoms. The predicted molar refractivity (Wildman–Crippen MR) is 244 cm³/mol. The van der Waals surface area contributed by atoms with Crippen LogP contribution in [0.5, 0.6) is 0 Å². The van der Waals surface area contributed by atoms with Crippen LogP contribution in [0, 0.1) is 0 Å². The van der Waals surface area contributed by atoms with Gasteiger partial charge < -0.3 is 178 Å². The molecular weight excluding hydrogens is 1120 g/mol. The molecule has 21 aliphatic heterocycles. The van der Waals surface area contributed by atoms with Crippen LogP contribution < -0.4 is 0 Å². The Kier molecular flexibility index (Phi) is 22.8. The Labute approximate surface area is 458 Å². The molecule has 36 nitrogen and oxygen atoms in total. The van der Waals surface area contributed by atoms with Crippen molar-refractivity contribution in [1.82, 2.24) is 0 Å². The lowest BCUT2D eigenvalue weighted by atomic mass is 9.95. The molecule has 36 atom stereocenters. The number of hydrogen-bond donors (Lipinski definition) is 21. The van der Waals surface area contributed by atoms with Gasteiger partial charge in [-0.3, -0.25) is 0 Å². The van der Waals surface area contributed by atoms with E-state index in [0.29, 0.717) is 0 Å². The second-order valence-electron chi connectivity index (χ2n) is 20.9. The summed E-state index contributed by atoms with van der Waals surface area (Å²) in [6, 6.07) is 0. The Hall–Kier alpha value is -1.44. The monoisotopic (exact) mass is 1190 g/mol. The molecule has 0 spiro atoms. The van der Waals surface area contributed by atoms with Gasteiger partial charge in [0.2, 0.25) is 0 Å². The van der Waals surface area contributed by atoms with Gasteiger partial charge in [-0.15, -0.1) is 0 Å². The lowest BCUT2D eigenvalue weighted by Crippen LogP contribution is -2.68. The topological polar surface area (TPSA) is 563 Å². The highest BCUT2D eigenvalue weighted by atomic mass is 16.8. The number of aliphatic hydroxyl groups is 21. The minimum Gasteiger partial charge on any atom is -0.394 e. The first-order valence-electron chi connectivity index (χ1n) is 26.1. The van der Waals surface area contributed by atoms with Crippen LogP contribution in [0.4, 0.5) is 0 Å². The summed E-state index contributed by atoms with van der Waals surface area (Å²) < 4.78 is 86.0. The smallest absolute Gasteiger partial charge is 0.187 e. The number of aliphatic hydroxyl groups excluding tert-OH is 21. The summed E-state index contributed by atoms with van der Waals surface area (Å²) in [5.74, 6) is 0. The second-order valence-corrected chi connectivity index (χ2v) is 20.9. The molecule has 21 aliphatic rings. The largest absolute Gasteiger partial charge is 0.394 e. The summed E-state index contributed by atoms with van der Waals surface area (Å²) in [5.41, 5.74) is 0. The Morgan fingerprint density at radius 2 is 0.420 bits per heavy atom. The van der Waals surface area contributed by atoms with Gasteiger partial charge in [0.05, 0.1) is 59.0 Å². The predicted octanol–water partition coefficient (Wildman–Crippen LogP) is -14.8. The van der Waals surface area contributed by atoms with Crippen molar-refractivity contribution >= 4 is 0 Å². The van der Waals surface area contributed by atoms with Crippen LogP contribution in [0.2, 0.25) is 0 Å². The second kappa shape index (κ2) is 28.2. The third-order valence-electron chi connectivity index (χ3n) is 15.2. The summed E-state index contributed by atoms with van der Waals surface area (Å²) >= 11 is 0. The first-order chi connectivity index (χ1) is 38.5. The number of rotatable bonds is 10. The van der Waals surface area contributed by atoms with Crippen molar-refractivity contribution in [2.45, 2.75) is 228 Å². The Morgan fingerprint density at radius 1 is 0.259 bits per heavy atom. The van der Waals surface area contributed by atoms with Crippen molar-refractivity contribution in [3.63, 3.8) is 0 Å². The molecule has 472 valence electrons. The quantitative estimate of drug-likeness (QED) is 0.0966. The molecule has 21 heterocycles. The van der Waals surface area contributed by atoms with Gasteiger partial charge >= 0.3 is 0 Å². The standard InChI is InChI=1S/C45H76O36/c1-10(52)8-67-9-17-38-24(59)31(66)45(74-17)80-37-16(7-51)72-43(29(64)22(37)57)78-35-14(5-49)70-41(27(62)20(35)55)76-33-12(3-47)68-39(25(60)18(33)53)75-32-11(2-46)69-40(26(61)19(32)54)77-34-13(4-48)71-42(28(63)21(34)56)79-36-15(6-50)73-44(81-38)30(65)23(36)58/h10-66H,2-9H2,1H3/t10-,11-,12-,13-,14-,15-,16-,17-,18-,19-,20-,21-,22-,23-,24-,25-,26-,27-,28-,29-,30-,31-,32-,33-,34-,35-,36-,37-,38-,39-,40-,41-,42-,43-,44-,45-/m1/s1. The summed E-state index contributed by atoms with van der Waals surface area (Å²) in [4.78, 5) is 0. The van der Waals surface area contributed by atoms with Crippen molar-refractivity contribution in [2.24, 2.45) is 0 Å². The van der Waals surface area contributed by atoms with Gasteiger partial charge in [-0.1, -0.05) is 0 Å². The van der Waals surface area contributed by atoms with E-state index in [1.807, 2.05) is 0 Å². The van der Waals surface area contributed by atoms with Crippen LogP contribution in [-0.2, 0) is 71.1 Å². The van der Waals surface area contributed by atoms with Crippen molar-refractivity contribution < 1.29 is 178 Å². The fraction of sp³-hybridized carbons (Fsp3) is 1.00. The molecule has 0 saturated carbocycles. The van der Waals surface area contributed by atoms with Gasteiger partial charge in [0.1, 0.15) is 171 Å². The SMILES string of the molecule is C[C@@H](O)COC[C@H]1O[C@@H]2O[C@H]3[C@H](O)[C@@H](O)[C@@H](O[C@H]4[C@H](O)[C@@H](O)[C@@H](O[C@H]5[C@H](O)[C@@H](O)[C@@H](O[C@H]6[C@H](O)[C@@H](O)[C@@H](O[C@H]7[C@H](O)[C@@H](O)[C@@H](O[C@H]8[C@H](O)[C@@H](O)[C@@H](O[C@H]1[C@H](O)[C@H]2O)O[C@@H]8CO)O[C@@H]7CO)O[C@@H]6CO)O[C@@H]5CO)O[C@@H]4CO)O[C@@H]3CO. The highest BCUT2D eigenvalue weighted by Crippen LogP contribution is 2.39. The molecule has 0 aliphatic carbocycles. The van der Waals surface area contributed by atoms with E-state index in [-0.39, 0.29) is 6.61 Å². The van der Waals surface area contributed by atoms with Crippen LogP contribution in [0.1, 0.15) is 6.92 Å². The van der Waals surface area contributed by atoms with Crippen LogP contribution in [0.25, 0.3) is 0 Å². The van der Waals surface area contributed by atoms with E-state index >= 15 is 0 Å². The van der Waals surface area contributed by atoms with E-state index < -0.39 is 267 Å². The fourth-order valence-electron chi connectivity index (χ4n) is 10.8. The van der Waals surface area contributed by atoms with E-state index in [9.17, 15) is 107 Å². The first-order valence-corrected chi connectivity index (χ1v) is 26.1. The maximum absolute atomic E-state index is 11.6. The highest BCUT2D eigenvalue weighted by molar-refractivity contribution is 5.02. The zero-order valence-electron chi connectivity index (χ0n) is 43.0. The maximum atomic E-state index is 11.6. The van der Waals surface area contributed by atoms with E-state index in [4.69, 9.17) is 71.1 Å². The van der Waals surface area contributed by atoms with Gasteiger partial charge in [-0.05, 0) is 6.92 Å². The normalized spacial score (nSPS) is 53.6. The van der Waals surface area contributed by atoms with Gasteiger partial charge in [0.25, 0.3) is 0 Å². The highest BCUT2D eigenvalue weighted by Gasteiger charge is 2.59. The molecule has 0 radical (unpaired) electrons. The third-order valence-corrected chi connectivity index (χ3v) is 15.2. The molecule has 21 saturated heterocycles. The van der Waals surface area contributed by atoms with Gasteiger partial charge in [-0.2, -0.15) is 0 Å². The van der Waals surface area contributed by atoms with Gasteiger partial charge in [0.15, 0.2) is 44.0 Å². The lowest BCUT2D eigenvalue weighted by molar-refractivity contribution is -0.397. The molecular formula is C45H76O36. The van der Waals surface area contributed by atoms with Crippen molar-refractivity contribution in [3.8, 4) is 0 Å². The van der Waals surface area contributed by atoms with Crippen molar-refractivity contribution in [1.29, 1.82) is 0 Å². The average molecular weight is 1190 g/mol. The van der Waals surface area contributed by atoms with Crippen LogP contribution in [0.15, 0.2) is 0 Å². The van der Waals surface area contributed by atoms with Crippen LogP contribution >= 0.6 is 0 Å². The van der Waals surface area contributed by atoms with E-state index in [2.05, 4.69) is 0 Å². The van der Waals surface area contributed by atoms with Gasteiger partial charge in [-0.25, -0.2) is 0 Å². The van der Waals surface area contributed by atoms with E-state index in [1.54, 1.807) is 0 Å². The van der Waals surface area contributed by atoms with Crippen molar-refractivity contribution in [2.75, 3.05) is 52.9 Å². The zero-order valence-corrected chi connectivity index (χ0v) is 43.0. The van der Waals surface area contributed by atoms with E-state index in [0.717, 1.165) is 0 Å². The Balaban J connectivity index is 1.09. The molecule has 0 amide bonds. The Bertz CT molecular complexity index is 1900. The fourth-order valence-corrected chi connectivity index (χ4v) is 10.8. The van der Waals surface area contributed by atoms with Crippen LogP contribution in [-0.4, -0.2) is 381 Å². The molecule has 21 fully saturated rings. The third kappa shape index (κ3) is 13.5. The first kappa shape index (κ1) is 65.5. The van der Waals surface area contributed by atoms with E-state index in [1.165, 1.54) is 6.92 Å². The minimum absolute atomic E-state index is 0.359. The molecule has 0 aromatic heterocycles. The molecule has 21 N–H and O–H groups in total. The molecule has 0 aromatic rings. The average Bonchev–Trinajstić information content (AvgIpc) is 3.45. The Morgan fingerprint density at radius 3 is 0.580 bits per heavy atom. The summed E-state index contributed by atoms with van der Waals surface area (Å²) in [6.07, 6.45) is -71.3.